The topological polar surface area (TPSA) is 91.7 Å². The highest BCUT2D eigenvalue weighted by molar-refractivity contribution is 5.87. The van der Waals surface area contributed by atoms with Gasteiger partial charge in [0.25, 0.3) is 0 Å². The Labute approximate surface area is 200 Å². The third kappa shape index (κ3) is 4.64. The van der Waals surface area contributed by atoms with E-state index in [9.17, 15) is 14.9 Å². The van der Waals surface area contributed by atoms with Gasteiger partial charge in [0.15, 0.2) is 0 Å². The van der Waals surface area contributed by atoms with E-state index in [1.165, 1.54) is 27.2 Å². The lowest BCUT2D eigenvalue weighted by atomic mass is 9.97. The summed E-state index contributed by atoms with van der Waals surface area (Å²) in [5, 5.41) is 12.3. The zero-order chi connectivity index (χ0) is 24.2. The maximum atomic E-state index is 13.3. The molecule has 2 aliphatic rings. The summed E-state index contributed by atoms with van der Waals surface area (Å²) in [5.74, 6) is -0.384. The molecule has 1 aliphatic carbocycles. The molecule has 1 N–H and O–H groups in total. The highest BCUT2D eigenvalue weighted by Gasteiger charge is 2.40. The van der Waals surface area contributed by atoms with Crippen molar-refractivity contribution in [3.8, 4) is 17.2 Å². The van der Waals surface area contributed by atoms with Crippen LogP contribution in [0.5, 0.6) is 0 Å². The Morgan fingerprint density at radius 1 is 1.21 bits per heavy atom. The van der Waals surface area contributed by atoms with Crippen molar-refractivity contribution >= 4 is 12.0 Å². The van der Waals surface area contributed by atoms with Crippen molar-refractivity contribution in [1.29, 1.82) is 5.26 Å². The second kappa shape index (κ2) is 10.3. The Morgan fingerprint density at radius 3 is 2.71 bits per heavy atom. The molecule has 0 aromatic heterocycles. The molecule has 1 heterocycles. The lowest BCUT2D eigenvalue weighted by Crippen LogP contribution is -2.53. The van der Waals surface area contributed by atoms with Gasteiger partial charge >= 0.3 is 6.09 Å². The van der Waals surface area contributed by atoms with Gasteiger partial charge in [0.05, 0.1) is 12.2 Å². The third-order valence-corrected chi connectivity index (χ3v) is 7.09. The molecule has 0 saturated carbocycles. The summed E-state index contributed by atoms with van der Waals surface area (Å²) in [6, 6.07) is 15.2. The number of rotatable bonds is 7. The fourth-order valence-corrected chi connectivity index (χ4v) is 4.87. The second-order valence-electron chi connectivity index (χ2n) is 9.09. The van der Waals surface area contributed by atoms with Crippen LogP contribution in [0.2, 0.25) is 0 Å². The fraction of sp³-hybridized carbons (Fsp3) is 0.444. The molecule has 1 fully saturated rings. The number of ether oxygens (including phenoxy) is 2. The highest BCUT2D eigenvalue weighted by atomic mass is 16.5. The predicted molar refractivity (Wildman–Crippen MR) is 128 cm³/mol. The second-order valence-corrected chi connectivity index (χ2v) is 9.09. The fourth-order valence-electron chi connectivity index (χ4n) is 4.87. The summed E-state index contributed by atoms with van der Waals surface area (Å²) in [5.41, 5.74) is 5.80. The van der Waals surface area contributed by atoms with E-state index in [2.05, 4.69) is 29.6 Å². The molecule has 1 aliphatic heterocycles. The molecule has 34 heavy (non-hydrogen) atoms. The average molecular weight is 462 g/mol. The van der Waals surface area contributed by atoms with Gasteiger partial charge in [-0.15, -0.1) is 0 Å². The number of fused-ring (bicyclic) bond motifs is 3. The van der Waals surface area contributed by atoms with Crippen LogP contribution >= 0.6 is 0 Å². The molecule has 0 bridgehead atoms. The summed E-state index contributed by atoms with van der Waals surface area (Å²) in [6.07, 6.45) is 1.16. The van der Waals surface area contributed by atoms with Crippen LogP contribution in [-0.4, -0.2) is 48.7 Å². The van der Waals surface area contributed by atoms with E-state index in [4.69, 9.17) is 9.47 Å². The molecule has 7 nitrogen and oxygen atoms in total. The number of benzene rings is 2. The van der Waals surface area contributed by atoms with Crippen molar-refractivity contribution < 1.29 is 19.1 Å². The van der Waals surface area contributed by atoms with Crippen molar-refractivity contribution in [1.82, 2.24) is 10.2 Å². The maximum absolute atomic E-state index is 13.3. The van der Waals surface area contributed by atoms with Crippen LogP contribution in [0.15, 0.2) is 42.5 Å². The number of hydrogen-bond donors (Lipinski definition) is 1. The van der Waals surface area contributed by atoms with E-state index in [1.54, 1.807) is 7.11 Å². The largest absolute Gasteiger partial charge is 0.445 e. The van der Waals surface area contributed by atoms with Crippen LogP contribution in [0, 0.1) is 17.2 Å². The van der Waals surface area contributed by atoms with Gasteiger partial charge in [-0.2, -0.15) is 5.26 Å². The van der Waals surface area contributed by atoms with Gasteiger partial charge in [0, 0.05) is 20.1 Å². The molecular formula is C27H31N3O4. The van der Waals surface area contributed by atoms with E-state index in [1.807, 2.05) is 38.1 Å². The van der Waals surface area contributed by atoms with Gasteiger partial charge in [0.2, 0.25) is 5.91 Å². The van der Waals surface area contributed by atoms with Gasteiger partial charge in [-0.05, 0) is 40.2 Å². The van der Waals surface area contributed by atoms with Gasteiger partial charge in [0.1, 0.15) is 18.7 Å². The van der Waals surface area contributed by atoms with E-state index < -0.39 is 18.2 Å². The van der Waals surface area contributed by atoms with Crippen LogP contribution in [-0.2, 0) is 27.3 Å². The molecule has 0 radical (unpaired) electrons. The Hall–Kier alpha value is -3.37. The summed E-state index contributed by atoms with van der Waals surface area (Å²) in [7, 11) is 1.58. The van der Waals surface area contributed by atoms with E-state index in [-0.39, 0.29) is 24.5 Å². The first-order valence-corrected chi connectivity index (χ1v) is 11.8. The Kier molecular flexibility index (Phi) is 7.18. The van der Waals surface area contributed by atoms with Crippen molar-refractivity contribution in [2.45, 2.75) is 57.9 Å². The summed E-state index contributed by atoms with van der Waals surface area (Å²) in [4.78, 5) is 27.6. The number of nitriles is 1. The van der Waals surface area contributed by atoms with Crippen molar-refractivity contribution in [3.63, 3.8) is 0 Å². The number of likely N-dealkylation sites (tertiary alicyclic amines) is 1. The number of alkyl carbamates (subject to hydrolysis) is 1. The van der Waals surface area contributed by atoms with Crippen molar-refractivity contribution in [2.24, 2.45) is 5.92 Å². The van der Waals surface area contributed by atoms with Gasteiger partial charge < -0.3 is 19.7 Å². The molecule has 2 aromatic rings. The van der Waals surface area contributed by atoms with E-state index >= 15 is 0 Å². The molecule has 0 unspecified atom stereocenters. The molecular weight excluding hydrogens is 430 g/mol. The minimum absolute atomic E-state index is 0.114. The first-order valence-electron chi connectivity index (χ1n) is 11.8. The maximum Gasteiger partial charge on any atom is 0.408 e. The number of amides is 2. The molecule has 2 amide bonds. The van der Waals surface area contributed by atoms with Crippen molar-refractivity contribution in [2.75, 3.05) is 13.7 Å². The lowest BCUT2D eigenvalue weighted by Gasteiger charge is -2.29. The normalized spacial score (nSPS) is 20.1. The number of nitrogens with zero attached hydrogens (tertiary/aromatic N) is 2. The quantitative estimate of drug-likeness (QED) is 0.573. The van der Waals surface area contributed by atoms with Crippen molar-refractivity contribution in [3.05, 3.63) is 59.2 Å². The van der Waals surface area contributed by atoms with Crippen LogP contribution in [0.3, 0.4) is 0 Å². The van der Waals surface area contributed by atoms with Crippen LogP contribution < -0.4 is 5.32 Å². The highest BCUT2D eigenvalue weighted by Crippen LogP contribution is 2.38. The number of hydrogen-bond acceptors (Lipinski definition) is 5. The standard InChI is InChI=1S/C27H31N3O4/c1-4-17(2)25(26(31)30-15-21(33-3)13-20(30)14-28)29-27(32)34-16-19-9-7-11-23-22-10-6-5-8-18(22)12-24(19)23/h5-11,17,20-21,25H,4,12-13,15-16H2,1-3H3,(H,29,32)/t17-,20-,21-,25-/m0/s1. The zero-order valence-corrected chi connectivity index (χ0v) is 19.9. The van der Waals surface area contributed by atoms with Gasteiger partial charge in [-0.25, -0.2) is 4.79 Å². The molecule has 178 valence electrons. The SMILES string of the molecule is CC[C@H](C)[C@H](NC(=O)OCc1cccc2c1Cc1ccccc1-2)C(=O)N1C[C@@H](OC)C[C@H]1C#N. The van der Waals surface area contributed by atoms with Crippen LogP contribution in [0.1, 0.15) is 43.4 Å². The molecule has 2 aromatic carbocycles. The number of methoxy groups -OCH3 is 1. The Morgan fingerprint density at radius 2 is 1.97 bits per heavy atom. The van der Waals surface area contributed by atoms with Gasteiger partial charge in [-0.3, -0.25) is 4.79 Å². The number of nitrogens with one attached hydrogen (secondary N) is 1. The molecule has 0 spiro atoms. The van der Waals surface area contributed by atoms with E-state index in [0.29, 0.717) is 19.4 Å². The molecule has 4 rings (SSSR count). The summed E-state index contributed by atoms with van der Waals surface area (Å²) >= 11 is 0. The predicted octanol–water partition coefficient (Wildman–Crippen LogP) is 4.04. The number of carbonyl (C=O) groups is 2. The minimum Gasteiger partial charge on any atom is -0.445 e. The summed E-state index contributed by atoms with van der Waals surface area (Å²) in [6.45, 7) is 4.34. The molecule has 1 saturated heterocycles. The molecule has 7 heteroatoms. The van der Waals surface area contributed by atoms with E-state index in [0.717, 1.165) is 12.0 Å². The smallest absolute Gasteiger partial charge is 0.408 e. The first-order chi connectivity index (χ1) is 16.5. The Balaban J connectivity index is 1.43. The molecule has 4 atom stereocenters. The average Bonchev–Trinajstić information content (AvgIpc) is 3.46. The monoisotopic (exact) mass is 461 g/mol. The minimum atomic E-state index is -0.769. The van der Waals surface area contributed by atoms with Crippen LogP contribution in [0.25, 0.3) is 11.1 Å². The first kappa shape index (κ1) is 23.8. The van der Waals surface area contributed by atoms with Gasteiger partial charge in [-0.1, -0.05) is 62.7 Å². The Bertz CT molecular complexity index is 1110. The van der Waals surface area contributed by atoms with Crippen LogP contribution in [0.4, 0.5) is 4.79 Å². The number of carbonyl (C=O) groups excluding carboxylic acids is 2. The third-order valence-electron chi connectivity index (χ3n) is 7.09. The lowest BCUT2D eigenvalue weighted by molar-refractivity contribution is -0.135. The zero-order valence-electron chi connectivity index (χ0n) is 19.9. The summed E-state index contributed by atoms with van der Waals surface area (Å²) < 4.78 is 10.9.